The van der Waals surface area contributed by atoms with Gasteiger partial charge in [0, 0.05) is 12.2 Å². The molecule has 0 saturated carbocycles. The first-order valence-electron chi connectivity index (χ1n) is 7.60. The van der Waals surface area contributed by atoms with E-state index in [2.05, 4.69) is 25.3 Å². The van der Waals surface area contributed by atoms with E-state index >= 15 is 0 Å². The number of amides is 1. The summed E-state index contributed by atoms with van der Waals surface area (Å²) < 4.78 is 0. The number of nitrogens with zero attached hydrogens (tertiary/aromatic N) is 4. The number of piperidine rings is 1. The highest BCUT2D eigenvalue weighted by molar-refractivity contribution is 6.00. The van der Waals surface area contributed by atoms with E-state index < -0.39 is 0 Å². The second-order valence-electron chi connectivity index (χ2n) is 5.49. The van der Waals surface area contributed by atoms with Crippen LogP contribution in [0.2, 0.25) is 0 Å². The highest BCUT2D eigenvalue weighted by atomic mass is 16.2. The third-order valence-electron chi connectivity index (χ3n) is 4.04. The predicted octanol–water partition coefficient (Wildman–Crippen LogP) is 1.96. The van der Waals surface area contributed by atoms with E-state index in [1.54, 1.807) is 6.33 Å². The zero-order chi connectivity index (χ0) is 15.6. The van der Waals surface area contributed by atoms with Gasteiger partial charge in [0.1, 0.15) is 17.9 Å². The molecule has 116 valence electrons. The Bertz CT molecular complexity index is 831. The lowest BCUT2D eigenvalue weighted by Gasteiger charge is -2.32. The van der Waals surface area contributed by atoms with Crippen LogP contribution in [0.5, 0.6) is 0 Å². The van der Waals surface area contributed by atoms with Gasteiger partial charge in [-0.2, -0.15) is 0 Å². The zero-order valence-corrected chi connectivity index (χ0v) is 12.4. The van der Waals surface area contributed by atoms with E-state index in [1.165, 1.54) is 6.33 Å². The van der Waals surface area contributed by atoms with Crippen LogP contribution in [0.15, 0.2) is 43.0 Å². The molecule has 1 saturated heterocycles. The maximum Gasteiger partial charge on any atom is 0.249 e. The number of carbonyl (C=O) groups excluding carboxylic acids is 1. The van der Waals surface area contributed by atoms with Gasteiger partial charge in [-0.15, -0.1) is 0 Å². The van der Waals surface area contributed by atoms with Crippen molar-refractivity contribution in [3.8, 4) is 0 Å². The maximum atomic E-state index is 12.8. The number of aromatic nitrogens is 4. The number of para-hydroxylation sites is 1. The normalized spacial score (nSPS) is 18.3. The van der Waals surface area contributed by atoms with E-state index in [0.717, 1.165) is 30.6 Å². The standard InChI is InChI=1S/C16H16N6O/c23-16-12(7-4-8-22(16)11-5-2-1-3-6-11)21-15-13-14(18-9-17-13)19-10-20-15/h1-3,5-6,9-10,12H,4,7-8H2,(H2,17,18,19,20,21)/t12-/m0/s1. The van der Waals surface area contributed by atoms with Gasteiger partial charge in [-0.3, -0.25) is 4.79 Å². The molecule has 2 aromatic heterocycles. The number of hydrogen-bond donors (Lipinski definition) is 2. The highest BCUT2D eigenvalue weighted by Crippen LogP contribution is 2.24. The van der Waals surface area contributed by atoms with Gasteiger partial charge in [0.05, 0.1) is 6.33 Å². The fourth-order valence-electron chi connectivity index (χ4n) is 2.91. The third kappa shape index (κ3) is 2.50. The summed E-state index contributed by atoms with van der Waals surface area (Å²) in [7, 11) is 0. The van der Waals surface area contributed by atoms with Crippen molar-refractivity contribution in [2.75, 3.05) is 16.8 Å². The first-order chi connectivity index (χ1) is 11.3. The van der Waals surface area contributed by atoms with E-state index in [4.69, 9.17) is 0 Å². The van der Waals surface area contributed by atoms with Crippen molar-refractivity contribution >= 4 is 28.6 Å². The summed E-state index contributed by atoms with van der Waals surface area (Å²) in [4.78, 5) is 30.1. The van der Waals surface area contributed by atoms with Gasteiger partial charge in [-0.05, 0) is 25.0 Å². The molecular formula is C16H16N6O. The molecule has 0 unspecified atom stereocenters. The summed E-state index contributed by atoms with van der Waals surface area (Å²) in [5, 5.41) is 3.25. The Labute approximate surface area is 132 Å². The lowest BCUT2D eigenvalue weighted by Crippen LogP contribution is -2.47. The molecule has 1 fully saturated rings. The Morgan fingerprint density at radius 2 is 2.04 bits per heavy atom. The van der Waals surface area contributed by atoms with Crippen molar-refractivity contribution < 1.29 is 4.79 Å². The maximum absolute atomic E-state index is 12.8. The molecule has 7 nitrogen and oxygen atoms in total. The van der Waals surface area contributed by atoms with Gasteiger partial charge in [-0.25, -0.2) is 15.0 Å². The number of rotatable bonds is 3. The molecule has 0 radical (unpaired) electrons. The minimum atomic E-state index is -0.301. The largest absolute Gasteiger partial charge is 0.356 e. The Hall–Kier alpha value is -2.96. The molecule has 4 rings (SSSR count). The number of anilines is 2. The molecule has 1 amide bonds. The SMILES string of the molecule is O=C1[C@@H](Nc2ncnc3nc[nH]c23)CCCN1c1ccccc1. The third-order valence-corrected chi connectivity index (χ3v) is 4.04. The first kappa shape index (κ1) is 13.7. The molecule has 0 spiro atoms. The van der Waals surface area contributed by atoms with Crippen LogP contribution in [0.25, 0.3) is 11.2 Å². The van der Waals surface area contributed by atoms with E-state index in [0.29, 0.717) is 11.5 Å². The number of imidazole rings is 1. The molecule has 2 N–H and O–H groups in total. The average Bonchev–Trinajstić information content (AvgIpc) is 3.07. The van der Waals surface area contributed by atoms with Gasteiger partial charge in [0.2, 0.25) is 5.91 Å². The van der Waals surface area contributed by atoms with Crippen LogP contribution in [0.1, 0.15) is 12.8 Å². The highest BCUT2D eigenvalue weighted by Gasteiger charge is 2.30. The quantitative estimate of drug-likeness (QED) is 0.772. The molecule has 3 aromatic rings. The van der Waals surface area contributed by atoms with E-state index in [1.807, 2.05) is 35.2 Å². The van der Waals surface area contributed by atoms with Crippen molar-refractivity contribution in [1.29, 1.82) is 0 Å². The monoisotopic (exact) mass is 308 g/mol. The number of nitrogens with one attached hydrogen (secondary N) is 2. The molecule has 1 aliphatic heterocycles. The first-order valence-corrected chi connectivity index (χ1v) is 7.60. The zero-order valence-electron chi connectivity index (χ0n) is 12.4. The van der Waals surface area contributed by atoms with E-state index in [-0.39, 0.29) is 11.9 Å². The second-order valence-corrected chi connectivity index (χ2v) is 5.49. The van der Waals surface area contributed by atoms with Gasteiger partial charge < -0.3 is 15.2 Å². The average molecular weight is 308 g/mol. The summed E-state index contributed by atoms with van der Waals surface area (Å²) >= 11 is 0. The number of fused-ring (bicyclic) bond motifs is 1. The minimum absolute atomic E-state index is 0.0636. The predicted molar refractivity (Wildman–Crippen MR) is 87.1 cm³/mol. The van der Waals surface area contributed by atoms with Crippen LogP contribution in [-0.2, 0) is 4.79 Å². The summed E-state index contributed by atoms with van der Waals surface area (Å²) in [5.74, 6) is 0.675. The fraction of sp³-hybridized carbons (Fsp3) is 0.250. The molecule has 1 aromatic carbocycles. The number of aromatic amines is 1. The van der Waals surface area contributed by atoms with Gasteiger partial charge in [-0.1, -0.05) is 18.2 Å². The van der Waals surface area contributed by atoms with Crippen LogP contribution in [-0.4, -0.2) is 38.4 Å². The molecule has 0 aliphatic carbocycles. The molecule has 23 heavy (non-hydrogen) atoms. The van der Waals surface area contributed by atoms with E-state index in [9.17, 15) is 4.79 Å². The van der Waals surface area contributed by atoms with Crippen LogP contribution >= 0.6 is 0 Å². The Morgan fingerprint density at radius 3 is 2.91 bits per heavy atom. The van der Waals surface area contributed by atoms with Crippen LogP contribution in [0.4, 0.5) is 11.5 Å². The molecule has 0 bridgehead atoms. The van der Waals surface area contributed by atoms with Crippen LogP contribution in [0, 0.1) is 0 Å². The number of hydrogen-bond acceptors (Lipinski definition) is 5. The van der Waals surface area contributed by atoms with Crippen LogP contribution < -0.4 is 10.2 Å². The number of H-pyrrole nitrogens is 1. The smallest absolute Gasteiger partial charge is 0.249 e. The molecule has 3 heterocycles. The number of benzene rings is 1. The Kier molecular flexibility index (Phi) is 3.38. The summed E-state index contributed by atoms with van der Waals surface area (Å²) in [6.45, 7) is 0.740. The van der Waals surface area contributed by atoms with Crippen molar-refractivity contribution in [2.45, 2.75) is 18.9 Å². The van der Waals surface area contributed by atoms with Crippen molar-refractivity contribution in [2.24, 2.45) is 0 Å². The molecule has 7 heteroatoms. The Morgan fingerprint density at radius 1 is 1.17 bits per heavy atom. The van der Waals surface area contributed by atoms with Crippen molar-refractivity contribution in [1.82, 2.24) is 19.9 Å². The Balaban J connectivity index is 1.59. The van der Waals surface area contributed by atoms with Gasteiger partial charge in [0.15, 0.2) is 11.5 Å². The summed E-state index contributed by atoms with van der Waals surface area (Å²) in [6, 6.07) is 9.45. The lowest BCUT2D eigenvalue weighted by molar-refractivity contribution is -0.120. The minimum Gasteiger partial charge on any atom is -0.356 e. The number of carbonyl (C=O) groups is 1. The molecular weight excluding hydrogens is 292 g/mol. The lowest BCUT2D eigenvalue weighted by atomic mass is 10.0. The second kappa shape index (κ2) is 5.68. The van der Waals surface area contributed by atoms with Crippen molar-refractivity contribution in [3.63, 3.8) is 0 Å². The van der Waals surface area contributed by atoms with Crippen molar-refractivity contribution in [3.05, 3.63) is 43.0 Å². The summed E-state index contributed by atoms with van der Waals surface area (Å²) in [5.41, 5.74) is 2.24. The summed E-state index contributed by atoms with van der Waals surface area (Å²) in [6.07, 6.45) is 4.74. The fourth-order valence-corrected chi connectivity index (χ4v) is 2.91. The van der Waals surface area contributed by atoms with Gasteiger partial charge >= 0.3 is 0 Å². The van der Waals surface area contributed by atoms with Crippen LogP contribution in [0.3, 0.4) is 0 Å². The molecule has 1 atom stereocenters. The van der Waals surface area contributed by atoms with Gasteiger partial charge in [0.25, 0.3) is 0 Å². The topological polar surface area (TPSA) is 86.8 Å². The molecule has 1 aliphatic rings.